The van der Waals surface area contributed by atoms with E-state index in [0.717, 1.165) is 17.7 Å². The minimum Gasteiger partial charge on any atom is -0.493 e. The van der Waals surface area contributed by atoms with Crippen molar-refractivity contribution in [2.75, 3.05) is 19.0 Å². The topological polar surface area (TPSA) is 114 Å². The van der Waals surface area contributed by atoms with Gasteiger partial charge in [0.05, 0.1) is 12.1 Å². The van der Waals surface area contributed by atoms with E-state index in [-0.39, 0.29) is 40.7 Å². The van der Waals surface area contributed by atoms with Crippen LogP contribution in [-0.4, -0.2) is 48.4 Å². The lowest BCUT2D eigenvalue weighted by molar-refractivity contribution is -0.131. The normalized spacial score (nSPS) is 17.5. The zero-order valence-electron chi connectivity index (χ0n) is 19.0. The maximum Gasteiger partial charge on any atom is 0.331 e. The number of rotatable bonds is 7. The molecule has 2 fully saturated rings. The lowest BCUT2D eigenvalue weighted by atomic mass is 10.0. The molecular weight excluding hydrogens is 474 g/mol. The lowest BCUT2D eigenvalue weighted by Crippen LogP contribution is -2.57. The summed E-state index contributed by atoms with van der Waals surface area (Å²) in [5, 5.41) is 5.06. The Morgan fingerprint density at radius 1 is 1.17 bits per heavy atom. The van der Waals surface area contributed by atoms with E-state index in [1.54, 1.807) is 24.3 Å². The van der Waals surface area contributed by atoms with Crippen molar-refractivity contribution in [2.45, 2.75) is 31.7 Å². The predicted octanol–water partition coefficient (Wildman–Crippen LogP) is 3.77. The number of halogens is 1. The van der Waals surface area contributed by atoms with Gasteiger partial charge in [-0.15, -0.1) is 0 Å². The second-order valence-corrected chi connectivity index (χ2v) is 8.57. The summed E-state index contributed by atoms with van der Waals surface area (Å²) in [6, 6.07) is 11.0. The maximum atomic E-state index is 13.0. The van der Waals surface area contributed by atoms with Crippen LogP contribution in [0.1, 0.15) is 31.2 Å². The molecule has 2 aromatic rings. The fourth-order valence-electron chi connectivity index (χ4n) is 4.15. The quantitative estimate of drug-likeness (QED) is 0.444. The standard InChI is InChI=1S/C25H24ClN3O6/c1-34-20-13-15(11-18-23(31)28-25(33)29(24(18)32)17-9-5-6-10-17)12-19(26)22(20)35-14-21(30)27-16-7-3-2-4-8-16/h2-4,7-8,11-13,17H,5-6,9-10,14H2,1H3,(H,27,30)(H,28,31,33)/b18-11+. The van der Waals surface area contributed by atoms with Gasteiger partial charge in [0, 0.05) is 11.7 Å². The van der Waals surface area contributed by atoms with Gasteiger partial charge < -0.3 is 14.8 Å². The number of urea groups is 1. The number of hydrogen-bond donors (Lipinski definition) is 2. The van der Waals surface area contributed by atoms with Crippen molar-refractivity contribution < 1.29 is 28.7 Å². The van der Waals surface area contributed by atoms with E-state index in [0.29, 0.717) is 24.1 Å². The average Bonchev–Trinajstić information content (AvgIpc) is 3.35. The molecule has 1 aliphatic carbocycles. The molecule has 0 unspecified atom stereocenters. The summed E-state index contributed by atoms with van der Waals surface area (Å²) in [4.78, 5) is 51.1. The fourth-order valence-corrected chi connectivity index (χ4v) is 4.42. The smallest absolute Gasteiger partial charge is 0.331 e. The number of methoxy groups -OCH3 is 1. The zero-order valence-corrected chi connectivity index (χ0v) is 19.8. The third kappa shape index (κ3) is 5.46. The molecule has 1 saturated heterocycles. The summed E-state index contributed by atoms with van der Waals surface area (Å²) in [7, 11) is 1.40. The van der Waals surface area contributed by atoms with Crippen LogP contribution in [0.5, 0.6) is 11.5 Å². The fraction of sp³-hybridized carbons (Fsp3) is 0.280. The van der Waals surface area contributed by atoms with Gasteiger partial charge in [-0.2, -0.15) is 0 Å². The van der Waals surface area contributed by atoms with Crippen molar-refractivity contribution in [1.29, 1.82) is 0 Å². The molecule has 4 rings (SSSR count). The van der Waals surface area contributed by atoms with E-state index in [2.05, 4.69) is 10.6 Å². The Hall–Kier alpha value is -3.85. The molecule has 0 atom stereocenters. The maximum absolute atomic E-state index is 13.0. The van der Waals surface area contributed by atoms with Gasteiger partial charge in [-0.25, -0.2) is 4.79 Å². The first-order valence-electron chi connectivity index (χ1n) is 11.1. The van der Waals surface area contributed by atoms with Crippen molar-refractivity contribution in [2.24, 2.45) is 0 Å². The van der Waals surface area contributed by atoms with Crippen LogP contribution in [0.25, 0.3) is 6.08 Å². The first kappa shape index (κ1) is 24.3. The van der Waals surface area contributed by atoms with Crippen LogP contribution >= 0.6 is 11.6 Å². The molecular formula is C25H24ClN3O6. The highest BCUT2D eigenvalue weighted by Gasteiger charge is 2.40. The highest BCUT2D eigenvalue weighted by Crippen LogP contribution is 2.37. The van der Waals surface area contributed by atoms with Gasteiger partial charge in [-0.1, -0.05) is 42.6 Å². The van der Waals surface area contributed by atoms with Crippen molar-refractivity contribution in [1.82, 2.24) is 10.2 Å². The molecule has 10 heteroatoms. The van der Waals surface area contributed by atoms with Crippen molar-refractivity contribution in [3.63, 3.8) is 0 Å². The number of nitrogens with zero attached hydrogens (tertiary/aromatic N) is 1. The lowest BCUT2D eigenvalue weighted by Gasteiger charge is -2.31. The van der Waals surface area contributed by atoms with Crippen molar-refractivity contribution in [3.05, 3.63) is 58.6 Å². The largest absolute Gasteiger partial charge is 0.493 e. The molecule has 0 spiro atoms. The molecule has 182 valence electrons. The molecule has 1 saturated carbocycles. The Labute approximate surface area is 207 Å². The number of carbonyl (C=O) groups is 4. The van der Waals surface area contributed by atoms with Crippen LogP contribution in [0.2, 0.25) is 5.02 Å². The van der Waals surface area contributed by atoms with Crippen LogP contribution < -0.4 is 20.1 Å². The second kappa shape index (κ2) is 10.6. The van der Waals surface area contributed by atoms with Gasteiger partial charge in [0.25, 0.3) is 17.7 Å². The third-order valence-corrected chi connectivity index (χ3v) is 6.07. The SMILES string of the molecule is COc1cc(/C=C2\C(=O)NC(=O)N(C3CCCC3)C2=O)cc(Cl)c1OCC(=O)Nc1ccccc1. The van der Waals surface area contributed by atoms with E-state index >= 15 is 0 Å². The molecule has 0 aromatic heterocycles. The van der Waals surface area contributed by atoms with Gasteiger partial charge >= 0.3 is 6.03 Å². The van der Waals surface area contributed by atoms with Crippen molar-refractivity contribution in [3.8, 4) is 11.5 Å². The minimum absolute atomic E-state index is 0.121. The Kier molecular flexibility index (Phi) is 7.36. The van der Waals surface area contributed by atoms with E-state index < -0.39 is 17.8 Å². The van der Waals surface area contributed by atoms with Crippen LogP contribution in [-0.2, 0) is 14.4 Å². The van der Waals surface area contributed by atoms with Gasteiger partial charge in [0.1, 0.15) is 5.57 Å². The monoisotopic (exact) mass is 497 g/mol. The first-order chi connectivity index (χ1) is 16.9. The number of para-hydroxylation sites is 1. The first-order valence-corrected chi connectivity index (χ1v) is 11.5. The molecule has 1 aliphatic heterocycles. The molecule has 5 amide bonds. The van der Waals surface area contributed by atoms with Crippen LogP contribution in [0.4, 0.5) is 10.5 Å². The number of ether oxygens (including phenoxy) is 2. The average molecular weight is 498 g/mol. The van der Waals surface area contributed by atoms with Crippen LogP contribution in [0.15, 0.2) is 48.0 Å². The molecule has 0 bridgehead atoms. The van der Waals surface area contributed by atoms with E-state index in [1.807, 2.05) is 6.07 Å². The number of nitrogens with one attached hydrogen (secondary N) is 2. The van der Waals surface area contributed by atoms with Crippen molar-refractivity contribution >= 4 is 47.1 Å². The summed E-state index contributed by atoms with van der Waals surface area (Å²) in [5.41, 5.74) is 0.847. The third-order valence-electron chi connectivity index (χ3n) is 5.79. The van der Waals surface area contributed by atoms with Gasteiger partial charge in [-0.05, 0) is 48.7 Å². The Bertz CT molecular complexity index is 1190. The summed E-state index contributed by atoms with van der Waals surface area (Å²) in [5.74, 6) is -1.45. The molecule has 2 aliphatic rings. The number of barbiturate groups is 1. The van der Waals surface area contributed by atoms with E-state index in [9.17, 15) is 19.2 Å². The number of imide groups is 2. The van der Waals surface area contributed by atoms with Crippen LogP contribution in [0, 0.1) is 0 Å². The highest BCUT2D eigenvalue weighted by molar-refractivity contribution is 6.33. The Morgan fingerprint density at radius 2 is 1.89 bits per heavy atom. The molecule has 2 N–H and O–H groups in total. The molecule has 1 heterocycles. The molecule has 2 aromatic carbocycles. The zero-order chi connectivity index (χ0) is 24.9. The Balaban J connectivity index is 1.53. The number of hydrogen-bond acceptors (Lipinski definition) is 6. The summed E-state index contributed by atoms with van der Waals surface area (Å²) in [6.07, 6.45) is 4.62. The second-order valence-electron chi connectivity index (χ2n) is 8.17. The molecule has 0 radical (unpaired) electrons. The van der Waals surface area contributed by atoms with Gasteiger partial charge in [-0.3, -0.25) is 24.6 Å². The summed E-state index contributed by atoms with van der Waals surface area (Å²) in [6.45, 7) is -0.315. The van der Waals surface area contributed by atoms with E-state index in [4.69, 9.17) is 21.1 Å². The molecule has 35 heavy (non-hydrogen) atoms. The van der Waals surface area contributed by atoms with Gasteiger partial charge in [0.15, 0.2) is 18.1 Å². The van der Waals surface area contributed by atoms with Gasteiger partial charge in [0.2, 0.25) is 0 Å². The number of carbonyl (C=O) groups excluding carboxylic acids is 4. The summed E-state index contributed by atoms with van der Waals surface area (Å²) >= 11 is 6.39. The Morgan fingerprint density at radius 3 is 2.57 bits per heavy atom. The number of anilines is 1. The van der Waals surface area contributed by atoms with Crippen LogP contribution in [0.3, 0.4) is 0 Å². The minimum atomic E-state index is -0.776. The predicted molar refractivity (Wildman–Crippen MR) is 129 cm³/mol. The number of amides is 5. The number of benzene rings is 2. The summed E-state index contributed by atoms with van der Waals surface area (Å²) < 4.78 is 10.9. The molecule has 9 nitrogen and oxygen atoms in total. The highest BCUT2D eigenvalue weighted by atomic mass is 35.5. The van der Waals surface area contributed by atoms with E-state index in [1.165, 1.54) is 25.3 Å².